The van der Waals surface area contributed by atoms with Gasteiger partial charge >= 0.3 is 109 Å². The van der Waals surface area contributed by atoms with Crippen LogP contribution in [0.4, 0.5) is 9.59 Å². The van der Waals surface area contributed by atoms with E-state index in [0.717, 1.165) is 0 Å². The largest absolute Gasteiger partial charge is 1.00 e. The number of hydrogen-bond acceptors (Lipinski definition) is 7. The molecule has 0 aliphatic carbocycles. The third kappa shape index (κ3) is 13.6. The number of ether oxygens (including phenoxy) is 1. The van der Waals surface area contributed by atoms with Crippen LogP contribution in [0, 0.1) is 5.41 Å². The number of hydrogen-bond donors (Lipinski definition) is 2. The van der Waals surface area contributed by atoms with Crippen LogP contribution in [0.2, 0.25) is 0 Å². The number of carbonyl (C=O) groups excluding carboxylic acids is 2. The molecule has 2 N–H and O–H groups in total. The first-order chi connectivity index (χ1) is 9.55. The van der Waals surface area contributed by atoms with Crippen LogP contribution in [0.15, 0.2) is 0 Å². The Morgan fingerprint density at radius 3 is 1.70 bits per heavy atom. The second-order valence-corrected chi connectivity index (χ2v) is 6.03. The molecule has 1 amide bonds. The molecule has 10 heteroatoms. The predicted octanol–water partition coefficient (Wildman–Crippen LogP) is -7.45. The summed E-state index contributed by atoms with van der Waals surface area (Å²) in [7, 11) is 0. The van der Waals surface area contributed by atoms with Gasteiger partial charge in [-0.2, -0.15) is 0 Å². The monoisotopic (exact) mass is 383 g/mol. The summed E-state index contributed by atoms with van der Waals surface area (Å²) >= 11 is 0. The van der Waals surface area contributed by atoms with E-state index < -0.39 is 17.2 Å². The number of carbonyl (C=O) groups is 2. The molecule has 0 unspecified atom stereocenters. The van der Waals surface area contributed by atoms with E-state index in [-0.39, 0.29) is 122 Å². The fourth-order valence-electron chi connectivity index (χ4n) is 1.86. The molecular weight excluding hydrogens is 360 g/mol. The van der Waals surface area contributed by atoms with Crippen LogP contribution in [0.3, 0.4) is 0 Å². The zero-order valence-corrected chi connectivity index (χ0v) is 20.9. The first-order valence-corrected chi connectivity index (χ1v) is 6.63. The summed E-state index contributed by atoms with van der Waals surface area (Å²) in [6.45, 7) is 6.48. The Morgan fingerprint density at radius 1 is 1.09 bits per heavy atom. The average Bonchev–Trinajstić information content (AvgIpc) is 2.36. The van der Waals surface area contributed by atoms with Crippen LogP contribution in [0.1, 0.15) is 33.6 Å². The fourth-order valence-corrected chi connectivity index (χ4v) is 1.86. The SMILES string of the molecule is CC(C)(C)OC(=O)N1CCC(CO)(CO)CC1.O=C([O-])[O-].[K+].[K+]. The van der Waals surface area contributed by atoms with E-state index in [1.807, 2.05) is 20.8 Å². The Kier molecular flexibility index (Phi) is 17.8. The van der Waals surface area contributed by atoms with Gasteiger partial charge in [0.1, 0.15) is 5.60 Å². The summed E-state index contributed by atoms with van der Waals surface area (Å²) in [4.78, 5) is 21.7. The third-order valence-electron chi connectivity index (χ3n) is 3.15. The average molecular weight is 384 g/mol. The van der Waals surface area contributed by atoms with Gasteiger partial charge in [0, 0.05) is 18.5 Å². The molecule has 23 heavy (non-hydrogen) atoms. The zero-order chi connectivity index (χ0) is 16.7. The Hall–Kier alpha value is 1.73. The van der Waals surface area contributed by atoms with E-state index in [1.165, 1.54) is 0 Å². The van der Waals surface area contributed by atoms with Crippen molar-refractivity contribution < 1.29 is 138 Å². The van der Waals surface area contributed by atoms with Gasteiger partial charge in [0.05, 0.1) is 13.2 Å². The van der Waals surface area contributed by atoms with E-state index in [0.29, 0.717) is 25.9 Å². The molecule has 1 heterocycles. The van der Waals surface area contributed by atoms with E-state index in [1.54, 1.807) is 4.90 Å². The van der Waals surface area contributed by atoms with Gasteiger partial charge in [-0.3, -0.25) is 0 Å². The number of rotatable bonds is 2. The molecule has 1 rings (SSSR count). The molecule has 0 radical (unpaired) electrons. The van der Waals surface area contributed by atoms with Gasteiger partial charge in [-0.1, -0.05) is 0 Å². The van der Waals surface area contributed by atoms with Crippen molar-refractivity contribution in [1.82, 2.24) is 4.90 Å². The van der Waals surface area contributed by atoms with Crippen LogP contribution in [0.25, 0.3) is 0 Å². The van der Waals surface area contributed by atoms with Crippen LogP contribution in [-0.4, -0.2) is 59.3 Å². The smallest absolute Gasteiger partial charge is 0.652 e. The second-order valence-electron chi connectivity index (χ2n) is 6.03. The van der Waals surface area contributed by atoms with Crippen molar-refractivity contribution in [1.29, 1.82) is 0 Å². The summed E-state index contributed by atoms with van der Waals surface area (Å²) in [5, 5.41) is 35.2. The van der Waals surface area contributed by atoms with Crippen molar-refractivity contribution in [2.24, 2.45) is 5.41 Å². The topological polar surface area (TPSA) is 133 Å². The Labute approximate surface area is 221 Å². The van der Waals surface area contributed by atoms with Gasteiger partial charge < -0.3 is 34.9 Å². The molecule has 8 nitrogen and oxygen atoms in total. The quantitative estimate of drug-likeness (QED) is 0.453. The Bertz CT molecular complexity index is 343. The van der Waals surface area contributed by atoms with Gasteiger partial charge in [0.25, 0.3) is 0 Å². The summed E-state index contributed by atoms with van der Waals surface area (Å²) < 4.78 is 5.27. The van der Waals surface area contributed by atoms with Crippen molar-refractivity contribution in [3.63, 3.8) is 0 Å². The molecular formula is C13H23K2NO7. The van der Waals surface area contributed by atoms with Gasteiger partial charge in [0.2, 0.25) is 0 Å². The molecule has 1 aliphatic heterocycles. The molecule has 0 spiro atoms. The number of carboxylic acid groups (broad SMARTS) is 2. The first-order valence-electron chi connectivity index (χ1n) is 6.63. The van der Waals surface area contributed by atoms with Crippen molar-refractivity contribution in [2.45, 2.75) is 39.2 Å². The molecule has 0 aromatic rings. The van der Waals surface area contributed by atoms with Gasteiger partial charge in [-0.15, -0.1) is 0 Å². The molecule has 0 aromatic carbocycles. The first kappa shape index (κ1) is 29.5. The van der Waals surface area contributed by atoms with Crippen LogP contribution < -0.4 is 113 Å². The summed E-state index contributed by atoms with van der Waals surface area (Å²) in [6.07, 6.45) is -1.43. The van der Waals surface area contributed by atoms with E-state index in [9.17, 15) is 15.0 Å². The number of piperidine rings is 1. The van der Waals surface area contributed by atoms with E-state index in [2.05, 4.69) is 0 Å². The van der Waals surface area contributed by atoms with Crippen molar-refractivity contribution in [2.75, 3.05) is 26.3 Å². The van der Waals surface area contributed by atoms with E-state index >= 15 is 0 Å². The number of aliphatic hydroxyl groups excluding tert-OH is 2. The molecule has 0 bridgehead atoms. The fraction of sp³-hybridized carbons (Fsp3) is 0.846. The summed E-state index contributed by atoms with van der Waals surface area (Å²) in [5.74, 6) is 0. The van der Waals surface area contributed by atoms with Crippen LogP contribution >= 0.6 is 0 Å². The minimum atomic E-state index is -2.33. The van der Waals surface area contributed by atoms with E-state index in [4.69, 9.17) is 19.7 Å². The maximum absolute atomic E-state index is 11.8. The van der Waals surface area contributed by atoms with Crippen LogP contribution in [-0.2, 0) is 4.74 Å². The standard InChI is InChI=1S/C12H23NO4.CH2O3.2K/c1-11(2,3)17-10(16)13-6-4-12(8-14,9-15)5-7-13;2-1(3)4;;/h14-15H,4-9H2,1-3H3;(H2,2,3,4);;/q;;2*+1/p-2. The van der Waals surface area contributed by atoms with Gasteiger partial charge in [0.15, 0.2) is 0 Å². The molecule has 0 aromatic heterocycles. The third-order valence-corrected chi connectivity index (χ3v) is 3.15. The molecule has 0 atom stereocenters. The minimum absolute atomic E-state index is 0. The summed E-state index contributed by atoms with van der Waals surface area (Å²) in [6, 6.07) is 0. The van der Waals surface area contributed by atoms with Gasteiger partial charge in [-0.25, -0.2) is 4.79 Å². The molecule has 124 valence electrons. The maximum Gasteiger partial charge on any atom is 1.00 e. The van der Waals surface area contributed by atoms with Gasteiger partial charge in [-0.05, 0) is 39.8 Å². The molecule has 1 fully saturated rings. The normalized spacial score (nSPS) is 16.0. The molecule has 1 saturated heterocycles. The number of likely N-dealkylation sites (tertiary alicyclic amines) is 1. The van der Waals surface area contributed by atoms with Crippen molar-refractivity contribution in [3.8, 4) is 0 Å². The van der Waals surface area contributed by atoms with Crippen LogP contribution in [0.5, 0.6) is 0 Å². The second kappa shape index (κ2) is 13.9. The van der Waals surface area contributed by atoms with Crippen molar-refractivity contribution in [3.05, 3.63) is 0 Å². The zero-order valence-electron chi connectivity index (χ0n) is 14.6. The number of nitrogens with zero attached hydrogens (tertiary/aromatic N) is 1. The van der Waals surface area contributed by atoms with Crippen molar-refractivity contribution >= 4 is 12.2 Å². The predicted molar refractivity (Wildman–Crippen MR) is 69.0 cm³/mol. The summed E-state index contributed by atoms with van der Waals surface area (Å²) in [5.41, 5.74) is -0.919. The Balaban J connectivity index is -0.000000598. The minimum Gasteiger partial charge on any atom is -0.652 e. The number of amides is 1. The maximum atomic E-state index is 11.8. The molecule has 0 saturated carbocycles. The number of aliphatic hydroxyl groups is 2. The molecule has 1 aliphatic rings. The Morgan fingerprint density at radius 2 is 1.43 bits per heavy atom.